The van der Waals surface area contributed by atoms with Gasteiger partial charge >= 0.3 is 0 Å². The van der Waals surface area contributed by atoms with E-state index in [4.69, 9.17) is 15.2 Å². The molecule has 0 saturated carbocycles. The van der Waals surface area contributed by atoms with Crippen molar-refractivity contribution < 1.29 is 13.9 Å². The van der Waals surface area contributed by atoms with Gasteiger partial charge < -0.3 is 20.5 Å². The predicted octanol–water partition coefficient (Wildman–Crippen LogP) is 4.43. The molecule has 7 heteroatoms. The van der Waals surface area contributed by atoms with E-state index in [-0.39, 0.29) is 48.0 Å². The van der Waals surface area contributed by atoms with E-state index < -0.39 is 0 Å². The van der Waals surface area contributed by atoms with Crippen molar-refractivity contribution in [2.24, 2.45) is 10.7 Å². The molecule has 0 amide bonds. The fraction of sp³-hybridized carbons (Fsp3) is 0.316. The third kappa shape index (κ3) is 7.90. The molecule has 2 rings (SSSR count). The van der Waals surface area contributed by atoms with Crippen LogP contribution in [0.5, 0.6) is 11.5 Å². The van der Waals surface area contributed by atoms with Gasteiger partial charge in [0.15, 0.2) is 5.96 Å². The highest BCUT2D eigenvalue weighted by Gasteiger charge is 2.05. The minimum atomic E-state index is -0.334. The molecule has 2 aromatic carbocycles. The molecule has 0 bridgehead atoms. The Bertz CT molecular complexity index is 708. The third-order valence-corrected chi connectivity index (χ3v) is 3.15. The standard InChI is InChI=1S/C19H24FN3O2.HI/c1-13(2)24-17-9-7-16(8-10-17)23-19(21)22-12-14(3)25-18-6-4-5-15(20)11-18;/h4-11,13-14H,12H2,1-3H3,(H3,21,22,23);1H. The van der Waals surface area contributed by atoms with Gasteiger partial charge in [-0.15, -0.1) is 24.0 Å². The first-order chi connectivity index (χ1) is 11.9. The Labute approximate surface area is 170 Å². The summed E-state index contributed by atoms with van der Waals surface area (Å²) in [5, 5.41) is 3.01. The summed E-state index contributed by atoms with van der Waals surface area (Å²) in [5.41, 5.74) is 6.70. The van der Waals surface area contributed by atoms with Gasteiger partial charge in [-0.2, -0.15) is 0 Å². The second-order valence-corrected chi connectivity index (χ2v) is 5.93. The molecule has 1 unspecified atom stereocenters. The lowest BCUT2D eigenvalue weighted by Gasteiger charge is -2.13. The zero-order valence-electron chi connectivity index (χ0n) is 15.1. The fourth-order valence-electron chi connectivity index (χ4n) is 2.11. The molecule has 0 heterocycles. The van der Waals surface area contributed by atoms with E-state index in [9.17, 15) is 4.39 Å². The SMILES string of the molecule is CC(C)Oc1ccc(NC(N)=NCC(C)Oc2cccc(F)c2)cc1.I. The predicted molar refractivity (Wildman–Crippen MR) is 114 cm³/mol. The molecule has 142 valence electrons. The van der Waals surface area contributed by atoms with E-state index >= 15 is 0 Å². The van der Waals surface area contributed by atoms with Crippen LogP contribution in [0.2, 0.25) is 0 Å². The van der Waals surface area contributed by atoms with Gasteiger partial charge in [0.2, 0.25) is 0 Å². The van der Waals surface area contributed by atoms with Gasteiger partial charge in [-0.3, -0.25) is 0 Å². The first-order valence-corrected chi connectivity index (χ1v) is 8.18. The van der Waals surface area contributed by atoms with Crippen LogP contribution in [0.15, 0.2) is 53.5 Å². The summed E-state index contributed by atoms with van der Waals surface area (Å²) >= 11 is 0. The Hall–Kier alpha value is -2.03. The summed E-state index contributed by atoms with van der Waals surface area (Å²) in [6, 6.07) is 13.5. The Morgan fingerprint density at radius 2 is 1.77 bits per heavy atom. The molecule has 0 radical (unpaired) electrons. The van der Waals surface area contributed by atoms with Gasteiger partial charge in [-0.1, -0.05) is 6.07 Å². The van der Waals surface area contributed by atoms with E-state index in [0.717, 1.165) is 11.4 Å². The van der Waals surface area contributed by atoms with Crippen molar-refractivity contribution in [1.82, 2.24) is 0 Å². The molecule has 2 aromatic rings. The lowest BCUT2D eigenvalue weighted by atomic mass is 10.3. The Balaban J connectivity index is 0.00000338. The van der Waals surface area contributed by atoms with E-state index in [1.54, 1.807) is 12.1 Å². The smallest absolute Gasteiger partial charge is 0.193 e. The summed E-state index contributed by atoms with van der Waals surface area (Å²) in [7, 11) is 0. The average molecular weight is 473 g/mol. The average Bonchev–Trinajstić information content (AvgIpc) is 2.54. The normalized spacial score (nSPS) is 12.3. The van der Waals surface area contributed by atoms with Crippen LogP contribution >= 0.6 is 24.0 Å². The lowest BCUT2D eigenvalue weighted by molar-refractivity contribution is 0.229. The number of benzene rings is 2. The Morgan fingerprint density at radius 1 is 1.08 bits per heavy atom. The minimum Gasteiger partial charge on any atom is -0.491 e. The number of nitrogens with one attached hydrogen (secondary N) is 1. The summed E-state index contributed by atoms with van der Waals surface area (Å²) in [6.07, 6.45) is -0.103. The van der Waals surface area contributed by atoms with Crippen LogP contribution in [0, 0.1) is 5.82 Å². The summed E-state index contributed by atoms with van der Waals surface area (Å²) in [5.74, 6) is 1.22. The largest absolute Gasteiger partial charge is 0.491 e. The molecular formula is C19H25FIN3O2. The van der Waals surface area contributed by atoms with Crippen LogP contribution < -0.4 is 20.5 Å². The highest BCUT2D eigenvalue weighted by molar-refractivity contribution is 14.0. The first-order valence-electron chi connectivity index (χ1n) is 8.18. The van der Waals surface area contributed by atoms with Crippen LogP contribution in [0.4, 0.5) is 10.1 Å². The molecule has 3 N–H and O–H groups in total. The lowest BCUT2D eigenvalue weighted by Crippen LogP contribution is -2.25. The summed E-state index contributed by atoms with van der Waals surface area (Å²) in [4.78, 5) is 4.24. The number of anilines is 1. The molecule has 0 aliphatic rings. The fourth-order valence-corrected chi connectivity index (χ4v) is 2.11. The zero-order valence-corrected chi connectivity index (χ0v) is 17.4. The number of halogens is 2. The molecule has 1 atom stereocenters. The number of aliphatic imine (C=N–C) groups is 1. The second-order valence-electron chi connectivity index (χ2n) is 5.93. The number of nitrogens with zero attached hydrogens (tertiary/aromatic N) is 1. The number of hydrogen-bond acceptors (Lipinski definition) is 3. The van der Waals surface area contributed by atoms with Gasteiger partial charge in [-0.05, 0) is 57.2 Å². The number of guanidine groups is 1. The molecule has 0 saturated heterocycles. The molecule has 0 aromatic heterocycles. The van der Waals surface area contributed by atoms with Gasteiger partial charge in [-0.25, -0.2) is 9.38 Å². The highest BCUT2D eigenvalue weighted by Crippen LogP contribution is 2.17. The first kappa shape index (κ1) is 22.0. The topological polar surface area (TPSA) is 68.9 Å². The maximum atomic E-state index is 13.1. The van der Waals surface area contributed by atoms with Crippen LogP contribution in [0.1, 0.15) is 20.8 Å². The molecule has 0 aliphatic carbocycles. The van der Waals surface area contributed by atoms with Crippen molar-refractivity contribution in [3.63, 3.8) is 0 Å². The van der Waals surface area contributed by atoms with Crippen LogP contribution in [0.3, 0.4) is 0 Å². The van der Waals surface area contributed by atoms with Crippen molar-refractivity contribution in [3.05, 3.63) is 54.3 Å². The maximum Gasteiger partial charge on any atom is 0.193 e. The van der Waals surface area contributed by atoms with Gasteiger partial charge in [0.05, 0.1) is 12.6 Å². The van der Waals surface area contributed by atoms with E-state index in [0.29, 0.717) is 12.3 Å². The summed E-state index contributed by atoms with van der Waals surface area (Å²) < 4.78 is 24.3. The number of nitrogens with two attached hydrogens (primary N) is 1. The van der Waals surface area contributed by atoms with Crippen LogP contribution in [-0.2, 0) is 0 Å². The zero-order chi connectivity index (χ0) is 18.2. The highest BCUT2D eigenvalue weighted by atomic mass is 127. The van der Waals surface area contributed by atoms with Gasteiger partial charge in [0.25, 0.3) is 0 Å². The summed E-state index contributed by atoms with van der Waals surface area (Å²) in [6.45, 7) is 6.15. The molecule has 0 fully saturated rings. The van der Waals surface area contributed by atoms with Gasteiger partial charge in [0.1, 0.15) is 23.4 Å². The molecule has 26 heavy (non-hydrogen) atoms. The molecular weight excluding hydrogens is 448 g/mol. The van der Waals surface area contributed by atoms with Crippen molar-refractivity contribution in [2.75, 3.05) is 11.9 Å². The molecule has 0 aliphatic heterocycles. The second kappa shape index (κ2) is 10.8. The minimum absolute atomic E-state index is 0. The maximum absolute atomic E-state index is 13.1. The third-order valence-electron chi connectivity index (χ3n) is 3.15. The van der Waals surface area contributed by atoms with Crippen LogP contribution in [-0.4, -0.2) is 24.7 Å². The number of hydrogen-bond donors (Lipinski definition) is 2. The number of rotatable bonds is 7. The Morgan fingerprint density at radius 3 is 2.38 bits per heavy atom. The van der Waals surface area contributed by atoms with Crippen LogP contribution in [0.25, 0.3) is 0 Å². The van der Waals surface area contributed by atoms with Crippen molar-refractivity contribution in [3.8, 4) is 11.5 Å². The Kier molecular flexibility index (Phi) is 9.18. The van der Waals surface area contributed by atoms with E-state index in [1.807, 2.05) is 45.0 Å². The number of ether oxygens (including phenoxy) is 2. The molecule has 5 nitrogen and oxygen atoms in total. The van der Waals surface area contributed by atoms with Crippen molar-refractivity contribution in [1.29, 1.82) is 0 Å². The van der Waals surface area contributed by atoms with Crippen molar-refractivity contribution in [2.45, 2.75) is 33.0 Å². The van der Waals surface area contributed by atoms with E-state index in [1.165, 1.54) is 12.1 Å². The van der Waals surface area contributed by atoms with E-state index in [2.05, 4.69) is 10.3 Å². The quantitative estimate of drug-likeness (QED) is 0.355. The van der Waals surface area contributed by atoms with Crippen molar-refractivity contribution >= 4 is 35.6 Å². The molecule has 0 spiro atoms. The van der Waals surface area contributed by atoms with Gasteiger partial charge in [0, 0.05) is 11.8 Å². The monoisotopic (exact) mass is 473 g/mol.